The fourth-order valence-electron chi connectivity index (χ4n) is 1.64. The minimum Gasteiger partial charge on any atom is -0.485 e. The van der Waals surface area contributed by atoms with Crippen LogP contribution in [0.15, 0.2) is 30.5 Å². The third kappa shape index (κ3) is 3.36. The summed E-state index contributed by atoms with van der Waals surface area (Å²) >= 11 is 1.26. The zero-order chi connectivity index (χ0) is 14.8. The van der Waals surface area contributed by atoms with Gasteiger partial charge >= 0.3 is 5.97 Å². The van der Waals surface area contributed by atoms with E-state index in [0.29, 0.717) is 5.75 Å². The normalized spacial score (nSPS) is 11.3. The van der Waals surface area contributed by atoms with Gasteiger partial charge < -0.3 is 9.84 Å². The van der Waals surface area contributed by atoms with Crippen molar-refractivity contribution in [2.75, 3.05) is 0 Å². The first-order chi connectivity index (χ1) is 9.38. The molecule has 20 heavy (non-hydrogen) atoms. The molecule has 0 saturated carbocycles. The van der Waals surface area contributed by atoms with E-state index in [1.807, 2.05) is 45.0 Å². The molecule has 2 rings (SSSR count). The molecule has 2 aromatic rings. The number of thiophene rings is 1. The van der Waals surface area contributed by atoms with Crippen LogP contribution in [0.4, 0.5) is 0 Å². The number of nitrogens with zero attached hydrogens (tertiary/aromatic N) is 1. The van der Waals surface area contributed by atoms with Gasteiger partial charge in [-0.3, -0.25) is 4.98 Å². The number of aromatic nitrogens is 1. The highest BCUT2D eigenvalue weighted by Gasteiger charge is 2.23. The second-order valence-electron chi connectivity index (χ2n) is 5.47. The topological polar surface area (TPSA) is 59.4 Å². The molecule has 0 atom stereocenters. The third-order valence-electron chi connectivity index (χ3n) is 2.73. The Morgan fingerprint density at radius 1 is 1.40 bits per heavy atom. The first kappa shape index (κ1) is 14.5. The first-order valence-electron chi connectivity index (χ1n) is 6.28. The van der Waals surface area contributed by atoms with Crippen molar-refractivity contribution in [2.24, 2.45) is 0 Å². The van der Waals surface area contributed by atoms with Gasteiger partial charge in [0.15, 0.2) is 4.88 Å². The molecule has 0 aromatic carbocycles. The highest BCUT2D eigenvalue weighted by atomic mass is 32.1. The van der Waals surface area contributed by atoms with Crippen LogP contribution in [-0.2, 0) is 12.0 Å². The number of hydrogen-bond acceptors (Lipinski definition) is 4. The predicted octanol–water partition coefficient (Wildman–Crippen LogP) is 3.72. The molecule has 0 fully saturated rings. The van der Waals surface area contributed by atoms with Crippen LogP contribution in [0.2, 0.25) is 0 Å². The van der Waals surface area contributed by atoms with Crippen molar-refractivity contribution in [1.82, 2.24) is 4.98 Å². The lowest BCUT2D eigenvalue weighted by Gasteiger charge is -2.14. The van der Waals surface area contributed by atoms with Gasteiger partial charge in [0.25, 0.3) is 0 Å². The second-order valence-corrected chi connectivity index (χ2v) is 6.52. The van der Waals surface area contributed by atoms with Gasteiger partial charge in [-0.1, -0.05) is 26.8 Å². The van der Waals surface area contributed by atoms with Crippen molar-refractivity contribution in [3.63, 3.8) is 0 Å². The third-order valence-corrected chi connectivity index (χ3v) is 4.26. The zero-order valence-electron chi connectivity index (χ0n) is 11.7. The van der Waals surface area contributed by atoms with Gasteiger partial charge in [-0.2, -0.15) is 0 Å². The van der Waals surface area contributed by atoms with Gasteiger partial charge in [0.05, 0.1) is 5.69 Å². The van der Waals surface area contributed by atoms with Gasteiger partial charge in [0.1, 0.15) is 12.4 Å². The smallest absolute Gasteiger partial charge is 0.349 e. The number of pyridine rings is 1. The van der Waals surface area contributed by atoms with E-state index in [1.165, 1.54) is 11.3 Å². The molecule has 0 aliphatic carbocycles. The van der Waals surface area contributed by atoms with Crippen LogP contribution in [0.25, 0.3) is 0 Å². The number of ether oxygens (including phenoxy) is 1. The molecule has 1 N–H and O–H groups in total. The number of rotatable bonds is 4. The van der Waals surface area contributed by atoms with Crippen molar-refractivity contribution in [2.45, 2.75) is 32.8 Å². The number of carboxylic acid groups (broad SMARTS) is 1. The Kier molecular flexibility index (Phi) is 4.09. The molecule has 2 heterocycles. The molecule has 0 unspecified atom stereocenters. The Bertz CT molecular complexity index is 599. The van der Waals surface area contributed by atoms with E-state index in [0.717, 1.165) is 10.6 Å². The van der Waals surface area contributed by atoms with Crippen LogP contribution >= 0.6 is 11.3 Å². The molecule has 2 aromatic heterocycles. The number of carbonyl (C=O) groups is 1. The fraction of sp³-hybridized carbons (Fsp3) is 0.333. The Morgan fingerprint density at radius 3 is 2.70 bits per heavy atom. The van der Waals surface area contributed by atoms with Crippen LogP contribution in [0.3, 0.4) is 0 Å². The van der Waals surface area contributed by atoms with Crippen LogP contribution in [0.1, 0.15) is 41.0 Å². The average molecular weight is 291 g/mol. The Labute approximate surface area is 122 Å². The van der Waals surface area contributed by atoms with Crippen LogP contribution in [-0.4, -0.2) is 16.1 Å². The maximum Gasteiger partial charge on any atom is 0.349 e. The minimum atomic E-state index is -0.957. The minimum absolute atomic E-state index is 0.0958. The van der Waals surface area contributed by atoms with Crippen LogP contribution in [0, 0.1) is 0 Å². The second kappa shape index (κ2) is 5.63. The molecule has 106 valence electrons. The van der Waals surface area contributed by atoms with Gasteiger partial charge in [0, 0.05) is 11.1 Å². The largest absolute Gasteiger partial charge is 0.485 e. The highest BCUT2D eigenvalue weighted by molar-refractivity contribution is 7.14. The quantitative estimate of drug-likeness (QED) is 0.932. The summed E-state index contributed by atoms with van der Waals surface area (Å²) in [7, 11) is 0. The molecule has 0 spiro atoms. The molecule has 0 aliphatic heterocycles. The lowest BCUT2D eigenvalue weighted by atomic mass is 9.95. The van der Waals surface area contributed by atoms with Gasteiger partial charge in [-0.05, 0) is 23.6 Å². The number of hydrogen-bond donors (Lipinski definition) is 1. The monoisotopic (exact) mass is 291 g/mol. The standard InChI is InChI=1S/C15H17NO3S/c1-15(2,3)12-8-11(13(20-12)14(17)18)19-9-10-6-4-5-7-16-10/h4-8H,9H2,1-3H3,(H,17,18). The Morgan fingerprint density at radius 2 is 2.15 bits per heavy atom. The van der Waals surface area contributed by atoms with Crippen molar-refractivity contribution < 1.29 is 14.6 Å². The summed E-state index contributed by atoms with van der Waals surface area (Å²) in [5, 5.41) is 9.26. The van der Waals surface area contributed by atoms with E-state index < -0.39 is 5.97 Å². The highest BCUT2D eigenvalue weighted by Crippen LogP contribution is 2.37. The molecule has 0 saturated heterocycles. The zero-order valence-corrected chi connectivity index (χ0v) is 12.5. The maximum absolute atomic E-state index is 11.3. The van der Waals surface area contributed by atoms with Gasteiger partial charge in [-0.15, -0.1) is 11.3 Å². The van der Waals surface area contributed by atoms with E-state index >= 15 is 0 Å². The summed E-state index contributed by atoms with van der Waals surface area (Å²) in [6.45, 7) is 6.41. The molecule has 0 aliphatic rings. The molecule has 4 nitrogen and oxygen atoms in total. The van der Waals surface area contributed by atoms with Gasteiger partial charge in [-0.25, -0.2) is 4.79 Å². The van der Waals surface area contributed by atoms with E-state index in [2.05, 4.69) is 4.98 Å². The summed E-state index contributed by atoms with van der Waals surface area (Å²) in [5.74, 6) is -0.542. The maximum atomic E-state index is 11.3. The number of aromatic carboxylic acids is 1. The summed E-state index contributed by atoms with van der Waals surface area (Å²) in [4.78, 5) is 16.7. The Balaban J connectivity index is 2.22. The van der Waals surface area contributed by atoms with Crippen molar-refractivity contribution in [3.05, 3.63) is 45.9 Å². The van der Waals surface area contributed by atoms with Crippen molar-refractivity contribution in [3.8, 4) is 5.75 Å². The molecule has 0 amide bonds. The van der Waals surface area contributed by atoms with E-state index in [4.69, 9.17) is 4.74 Å². The molecular formula is C15H17NO3S. The first-order valence-corrected chi connectivity index (χ1v) is 7.10. The summed E-state index contributed by atoms with van der Waals surface area (Å²) in [6.07, 6.45) is 1.69. The van der Waals surface area contributed by atoms with E-state index in [9.17, 15) is 9.90 Å². The lowest BCUT2D eigenvalue weighted by Crippen LogP contribution is -2.08. The predicted molar refractivity (Wildman–Crippen MR) is 78.5 cm³/mol. The summed E-state index contributed by atoms with van der Waals surface area (Å²) in [5.41, 5.74) is 0.675. The molecular weight excluding hydrogens is 274 g/mol. The van der Waals surface area contributed by atoms with Crippen LogP contribution < -0.4 is 4.74 Å². The lowest BCUT2D eigenvalue weighted by molar-refractivity contribution is 0.0697. The van der Waals surface area contributed by atoms with Crippen molar-refractivity contribution in [1.29, 1.82) is 0 Å². The summed E-state index contributed by atoms with van der Waals surface area (Å²) < 4.78 is 5.63. The molecule has 5 heteroatoms. The molecule has 0 radical (unpaired) electrons. The van der Waals surface area contributed by atoms with Gasteiger partial charge in [0.2, 0.25) is 0 Å². The number of carboxylic acids is 1. The average Bonchev–Trinajstić information content (AvgIpc) is 2.82. The van der Waals surface area contributed by atoms with Crippen LogP contribution in [0.5, 0.6) is 5.75 Å². The van der Waals surface area contributed by atoms with Crippen molar-refractivity contribution >= 4 is 17.3 Å². The fourth-order valence-corrected chi connectivity index (χ4v) is 2.63. The van der Waals surface area contributed by atoms with E-state index in [1.54, 1.807) is 6.20 Å². The Hall–Kier alpha value is -1.88. The SMILES string of the molecule is CC(C)(C)c1cc(OCc2ccccn2)c(C(=O)O)s1. The molecule has 0 bridgehead atoms. The summed E-state index contributed by atoms with van der Waals surface area (Å²) in [6, 6.07) is 7.36. The van der Waals surface area contributed by atoms with E-state index in [-0.39, 0.29) is 16.9 Å².